The number of aryl methyl sites for hydroxylation is 1. The molecule has 302 valence electrons. The molecule has 1 saturated carbocycles. The van der Waals surface area contributed by atoms with Gasteiger partial charge < -0.3 is 23.1 Å². The SMILES string of the molecule is COC(=O)C(C)=CCC12OC(C)(C)C3CC(C=C4C(=O)c5c(OS(=O)(=O)c6ccc(C)cc6)c6c(c(CC=C(C)C)c5OC431)OC(C)(CCC=C(C)C)C=C6)C2=O. The van der Waals surface area contributed by atoms with Crippen LogP contribution in [0.15, 0.2) is 81.8 Å². The Morgan fingerprint density at radius 3 is 2.28 bits per heavy atom. The first-order chi connectivity index (χ1) is 26.7. The predicted octanol–water partition coefficient (Wildman–Crippen LogP) is 8.70. The summed E-state index contributed by atoms with van der Waals surface area (Å²) in [6, 6.07) is 6.28. The van der Waals surface area contributed by atoms with Crippen LogP contribution in [0, 0.1) is 18.8 Å². The molecule has 2 aromatic rings. The summed E-state index contributed by atoms with van der Waals surface area (Å²) in [5, 5.41) is 0. The molecule has 4 bridgehead atoms. The summed E-state index contributed by atoms with van der Waals surface area (Å²) in [5.74, 6) is -2.26. The van der Waals surface area contributed by atoms with E-state index >= 15 is 4.79 Å². The molecule has 5 atom stereocenters. The van der Waals surface area contributed by atoms with Gasteiger partial charge in [0.15, 0.2) is 28.5 Å². The van der Waals surface area contributed by atoms with Crippen LogP contribution < -0.4 is 13.7 Å². The highest BCUT2D eigenvalue weighted by molar-refractivity contribution is 7.87. The van der Waals surface area contributed by atoms with Gasteiger partial charge in [0.25, 0.3) is 0 Å². The molecule has 2 aromatic carbocycles. The van der Waals surface area contributed by atoms with Crippen LogP contribution >= 0.6 is 0 Å². The van der Waals surface area contributed by atoms with Crippen LogP contribution in [0.1, 0.15) is 108 Å². The Labute approximate surface area is 335 Å². The molecule has 2 fully saturated rings. The molecule has 11 heteroatoms. The number of carbonyl (C=O) groups excluding carboxylic acids is 3. The molecule has 3 heterocycles. The third-order valence-corrected chi connectivity index (χ3v) is 13.4. The number of ether oxygens (including phenoxy) is 4. The second-order valence-corrected chi connectivity index (χ2v) is 18.8. The topological polar surface area (TPSA) is 132 Å². The van der Waals surface area contributed by atoms with E-state index in [9.17, 15) is 18.0 Å². The highest BCUT2D eigenvalue weighted by Gasteiger charge is 2.81. The number of hydrogen-bond donors (Lipinski definition) is 0. The molecule has 10 nitrogen and oxygen atoms in total. The molecule has 57 heavy (non-hydrogen) atoms. The number of fused-ring (bicyclic) bond motifs is 2. The molecular weight excluding hydrogens is 745 g/mol. The maximum Gasteiger partial charge on any atom is 0.339 e. The van der Waals surface area contributed by atoms with Crippen molar-refractivity contribution in [3.8, 4) is 17.2 Å². The summed E-state index contributed by atoms with van der Waals surface area (Å²) in [4.78, 5) is 42.7. The summed E-state index contributed by atoms with van der Waals surface area (Å²) in [7, 11) is -3.21. The lowest BCUT2D eigenvalue weighted by molar-refractivity contribution is -0.171. The van der Waals surface area contributed by atoms with Gasteiger partial charge in [-0.25, -0.2) is 4.79 Å². The fourth-order valence-corrected chi connectivity index (χ4v) is 10.2. The average Bonchev–Trinajstić information content (AvgIpc) is 3.29. The Bertz CT molecular complexity index is 2350. The number of rotatable bonds is 11. The van der Waals surface area contributed by atoms with E-state index in [1.54, 1.807) is 37.3 Å². The first-order valence-corrected chi connectivity index (χ1v) is 21.0. The van der Waals surface area contributed by atoms with Crippen LogP contribution in [0.5, 0.6) is 17.2 Å². The predicted molar refractivity (Wildman–Crippen MR) is 216 cm³/mol. The second kappa shape index (κ2) is 14.0. The Hall–Kier alpha value is -4.74. The van der Waals surface area contributed by atoms with Gasteiger partial charge >= 0.3 is 16.1 Å². The molecule has 1 saturated heterocycles. The van der Waals surface area contributed by atoms with Crippen molar-refractivity contribution in [1.82, 2.24) is 0 Å². The van der Waals surface area contributed by atoms with E-state index < -0.39 is 56.1 Å². The van der Waals surface area contributed by atoms with E-state index in [2.05, 4.69) is 6.08 Å². The van der Waals surface area contributed by atoms with Crippen molar-refractivity contribution < 1.29 is 45.9 Å². The van der Waals surface area contributed by atoms with Gasteiger partial charge in [0, 0.05) is 35.0 Å². The van der Waals surface area contributed by atoms with Gasteiger partial charge in [0.1, 0.15) is 27.6 Å². The number of benzene rings is 2. The zero-order valence-electron chi connectivity index (χ0n) is 34.5. The van der Waals surface area contributed by atoms with Crippen LogP contribution in [-0.2, 0) is 35.6 Å². The standard InChI is InChI=1S/C46H52O10S/c1-26(2)12-11-21-44(9)22-20-33-38(53-44)32(18-13-27(3)4)39-36(40(33)55-57(50,51)31-16-14-28(5)15-17-31)37(47)34-24-30-25-35-43(7,8)56-45(41(30)48,46(34,35)54-39)23-19-29(6)42(49)52-10/h12-17,19-20,22,24,30,35H,11,18,21,23,25H2,1-10H3. The van der Waals surface area contributed by atoms with E-state index in [0.717, 1.165) is 17.6 Å². The van der Waals surface area contributed by atoms with Crippen molar-refractivity contribution in [2.45, 2.75) is 122 Å². The van der Waals surface area contributed by atoms with Gasteiger partial charge in [-0.2, -0.15) is 8.42 Å². The average molecular weight is 797 g/mol. The van der Waals surface area contributed by atoms with Gasteiger partial charge in [0.2, 0.25) is 0 Å². The van der Waals surface area contributed by atoms with Crippen LogP contribution in [0.25, 0.3) is 6.08 Å². The van der Waals surface area contributed by atoms with Crippen LogP contribution in [0.2, 0.25) is 0 Å². The zero-order chi connectivity index (χ0) is 41.5. The molecule has 0 radical (unpaired) electrons. The van der Waals surface area contributed by atoms with Crippen LogP contribution in [-0.4, -0.2) is 55.5 Å². The number of hydrogen-bond acceptors (Lipinski definition) is 10. The zero-order valence-corrected chi connectivity index (χ0v) is 35.3. The van der Waals surface area contributed by atoms with Gasteiger partial charge in [-0.05, 0) is 112 Å². The first kappa shape index (κ1) is 40.5. The van der Waals surface area contributed by atoms with Crippen LogP contribution in [0.4, 0.5) is 0 Å². The quantitative estimate of drug-likeness (QED) is 0.0942. The van der Waals surface area contributed by atoms with Crippen molar-refractivity contribution >= 4 is 33.7 Å². The number of ketones is 2. The number of esters is 1. The number of carbonyl (C=O) groups is 3. The summed E-state index contributed by atoms with van der Waals surface area (Å²) in [6.07, 6.45) is 13.0. The fourth-order valence-electron chi connectivity index (χ4n) is 9.26. The van der Waals surface area contributed by atoms with E-state index in [4.69, 9.17) is 23.1 Å². The van der Waals surface area contributed by atoms with Crippen molar-refractivity contribution in [2.24, 2.45) is 11.8 Å². The molecule has 8 rings (SSSR count). The van der Waals surface area contributed by atoms with Gasteiger partial charge in [-0.3, -0.25) is 9.59 Å². The molecule has 3 aliphatic carbocycles. The second-order valence-electron chi connectivity index (χ2n) is 17.3. The van der Waals surface area contributed by atoms with E-state index in [1.165, 1.54) is 24.8 Å². The molecule has 3 aliphatic heterocycles. The summed E-state index contributed by atoms with van der Waals surface area (Å²) in [5.41, 5.74) is -0.802. The van der Waals surface area contributed by atoms with Gasteiger partial charge in [-0.1, -0.05) is 53.1 Å². The summed E-state index contributed by atoms with van der Waals surface area (Å²) >= 11 is 0. The molecule has 6 aliphatic rings. The minimum atomic E-state index is -4.50. The third-order valence-electron chi connectivity index (χ3n) is 12.1. The molecule has 0 N–H and O–H groups in total. The van der Waals surface area contributed by atoms with E-state index in [-0.39, 0.29) is 51.7 Å². The molecule has 0 aromatic heterocycles. The highest BCUT2D eigenvalue weighted by atomic mass is 32.2. The smallest absolute Gasteiger partial charge is 0.339 e. The lowest BCUT2D eigenvalue weighted by Gasteiger charge is -2.56. The van der Waals surface area contributed by atoms with Gasteiger partial charge in [-0.15, -0.1) is 0 Å². The molecule has 1 spiro atoms. The minimum absolute atomic E-state index is 0.0616. The number of methoxy groups -OCH3 is 1. The maximum absolute atomic E-state index is 15.5. The number of allylic oxidation sites excluding steroid dienone is 5. The van der Waals surface area contributed by atoms with Gasteiger partial charge in [0.05, 0.1) is 18.3 Å². The maximum atomic E-state index is 15.5. The molecule has 0 amide bonds. The summed E-state index contributed by atoms with van der Waals surface area (Å²) < 4.78 is 60.6. The van der Waals surface area contributed by atoms with Crippen molar-refractivity contribution in [1.29, 1.82) is 0 Å². The van der Waals surface area contributed by atoms with Crippen LogP contribution in [0.3, 0.4) is 0 Å². The first-order valence-electron chi connectivity index (χ1n) is 19.5. The Morgan fingerprint density at radius 2 is 1.63 bits per heavy atom. The fraction of sp³-hybridized carbons (Fsp3) is 0.457. The van der Waals surface area contributed by atoms with E-state index in [1.807, 2.05) is 67.5 Å². The lowest BCUT2D eigenvalue weighted by Crippen LogP contribution is -2.72. The lowest BCUT2D eigenvalue weighted by atomic mass is 9.51. The number of Topliss-reactive ketones (excluding diaryl/α,β-unsaturated/α-hetero) is 2. The summed E-state index contributed by atoms with van der Waals surface area (Å²) in [6.45, 7) is 17.2. The normalized spacial score (nSPS) is 27.6. The Morgan fingerprint density at radius 1 is 0.947 bits per heavy atom. The highest BCUT2D eigenvalue weighted by Crippen LogP contribution is 2.69. The monoisotopic (exact) mass is 796 g/mol. The van der Waals surface area contributed by atoms with Crippen molar-refractivity contribution in [3.05, 3.63) is 99.2 Å². The molecular formula is C46H52O10S. The minimum Gasteiger partial charge on any atom is -0.482 e. The van der Waals surface area contributed by atoms with Crippen molar-refractivity contribution in [2.75, 3.05) is 7.11 Å². The Balaban J connectivity index is 1.52. The largest absolute Gasteiger partial charge is 0.482 e. The van der Waals surface area contributed by atoms with Crippen molar-refractivity contribution in [3.63, 3.8) is 0 Å². The molecule has 5 unspecified atom stereocenters. The third kappa shape index (κ3) is 6.41. The Kier molecular flexibility index (Phi) is 9.92. The van der Waals surface area contributed by atoms with E-state index in [0.29, 0.717) is 29.7 Å².